The molecule has 2 rings (SSSR count). The minimum absolute atomic E-state index is 0.110. The van der Waals surface area contributed by atoms with E-state index in [4.69, 9.17) is 11.6 Å². The van der Waals surface area contributed by atoms with E-state index in [0.717, 1.165) is 6.42 Å². The Kier molecular flexibility index (Phi) is 3.23. The summed E-state index contributed by atoms with van der Waals surface area (Å²) in [5.74, 6) is 0.636. The van der Waals surface area contributed by atoms with Gasteiger partial charge in [0.2, 0.25) is 10.0 Å². The molecule has 2 atom stereocenters. The van der Waals surface area contributed by atoms with Crippen molar-refractivity contribution in [2.45, 2.75) is 24.3 Å². The van der Waals surface area contributed by atoms with Gasteiger partial charge >= 0.3 is 0 Å². The molecule has 2 heterocycles. The fourth-order valence-electron chi connectivity index (χ4n) is 2.02. The molecule has 0 aromatic carbocycles. The van der Waals surface area contributed by atoms with Crippen molar-refractivity contribution in [1.82, 2.24) is 14.5 Å². The zero-order valence-corrected chi connectivity index (χ0v) is 10.5. The van der Waals surface area contributed by atoms with Crippen molar-refractivity contribution in [2.75, 3.05) is 12.4 Å². The van der Waals surface area contributed by atoms with Crippen molar-refractivity contribution >= 4 is 21.6 Å². The second kappa shape index (κ2) is 4.35. The maximum Gasteiger partial charge on any atom is 0.246 e. The third kappa shape index (κ3) is 1.85. The molecule has 1 aromatic heterocycles. The van der Waals surface area contributed by atoms with Crippen LogP contribution in [-0.4, -0.2) is 41.4 Å². The Morgan fingerprint density at radius 2 is 2.44 bits per heavy atom. The van der Waals surface area contributed by atoms with Gasteiger partial charge in [-0.3, -0.25) is 5.10 Å². The lowest BCUT2D eigenvalue weighted by molar-refractivity contribution is 0.375. The van der Waals surface area contributed by atoms with Gasteiger partial charge in [-0.25, -0.2) is 8.42 Å². The zero-order chi connectivity index (χ0) is 11.8. The number of H-pyrrole nitrogens is 1. The average Bonchev–Trinajstić information content (AvgIpc) is 2.85. The van der Waals surface area contributed by atoms with Crippen LogP contribution in [0.1, 0.15) is 13.3 Å². The second-order valence-electron chi connectivity index (χ2n) is 4.04. The summed E-state index contributed by atoms with van der Waals surface area (Å²) >= 11 is 5.84. The van der Waals surface area contributed by atoms with Crippen molar-refractivity contribution in [3.05, 3.63) is 12.4 Å². The summed E-state index contributed by atoms with van der Waals surface area (Å²) in [6.45, 7) is 2.56. The lowest BCUT2D eigenvalue weighted by Gasteiger charge is -2.23. The maximum absolute atomic E-state index is 12.2. The molecule has 1 saturated heterocycles. The molecule has 1 aliphatic rings. The first-order valence-electron chi connectivity index (χ1n) is 5.14. The number of nitrogens with zero attached hydrogens (tertiary/aromatic N) is 2. The summed E-state index contributed by atoms with van der Waals surface area (Å²) in [7, 11) is -3.43. The van der Waals surface area contributed by atoms with Crippen LogP contribution < -0.4 is 0 Å². The van der Waals surface area contributed by atoms with Crippen LogP contribution >= 0.6 is 11.6 Å². The van der Waals surface area contributed by atoms with Crippen molar-refractivity contribution in [3.8, 4) is 0 Å². The van der Waals surface area contributed by atoms with Gasteiger partial charge in [0.15, 0.2) is 0 Å². The predicted octanol–water partition coefficient (Wildman–Crippen LogP) is 1.05. The summed E-state index contributed by atoms with van der Waals surface area (Å²) in [6, 6.07) is -0.110. The van der Waals surface area contributed by atoms with Crippen LogP contribution in [0.2, 0.25) is 0 Å². The quantitative estimate of drug-likeness (QED) is 0.829. The molecule has 1 fully saturated rings. The summed E-state index contributed by atoms with van der Waals surface area (Å²) in [5, 5.41) is 6.18. The molecule has 5 nitrogen and oxygen atoms in total. The van der Waals surface area contributed by atoms with Crippen LogP contribution in [0.5, 0.6) is 0 Å². The molecule has 0 bridgehead atoms. The average molecular weight is 264 g/mol. The number of hydrogen-bond acceptors (Lipinski definition) is 3. The first kappa shape index (κ1) is 11.9. The second-order valence-corrected chi connectivity index (χ2v) is 6.24. The van der Waals surface area contributed by atoms with Crippen molar-refractivity contribution in [3.63, 3.8) is 0 Å². The number of aromatic amines is 1. The first-order valence-corrected chi connectivity index (χ1v) is 7.11. The summed E-state index contributed by atoms with van der Waals surface area (Å²) in [5.41, 5.74) is 0. The Hall–Kier alpha value is -0.590. The fourth-order valence-corrected chi connectivity index (χ4v) is 4.21. The van der Waals surface area contributed by atoms with Crippen molar-refractivity contribution in [1.29, 1.82) is 0 Å². The molecule has 7 heteroatoms. The molecule has 1 N–H and O–H groups in total. The van der Waals surface area contributed by atoms with E-state index in [0.29, 0.717) is 18.3 Å². The normalized spacial score (nSPS) is 27.4. The molecule has 0 radical (unpaired) electrons. The van der Waals surface area contributed by atoms with Crippen LogP contribution in [-0.2, 0) is 10.0 Å². The number of aromatic nitrogens is 2. The lowest BCUT2D eigenvalue weighted by atomic mass is 10.1. The molecule has 2 unspecified atom stereocenters. The van der Waals surface area contributed by atoms with Gasteiger partial charge in [-0.1, -0.05) is 6.92 Å². The lowest BCUT2D eigenvalue weighted by Crippen LogP contribution is -2.38. The zero-order valence-electron chi connectivity index (χ0n) is 8.93. The van der Waals surface area contributed by atoms with E-state index in [2.05, 4.69) is 10.2 Å². The highest BCUT2D eigenvalue weighted by molar-refractivity contribution is 7.89. The van der Waals surface area contributed by atoms with E-state index in [1.54, 1.807) is 0 Å². The summed E-state index contributed by atoms with van der Waals surface area (Å²) < 4.78 is 25.9. The van der Waals surface area contributed by atoms with Gasteiger partial charge in [0, 0.05) is 24.7 Å². The van der Waals surface area contributed by atoms with E-state index in [1.807, 2.05) is 6.92 Å². The molecular weight excluding hydrogens is 250 g/mol. The Morgan fingerprint density at radius 1 is 1.69 bits per heavy atom. The van der Waals surface area contributed by atoms with Gasteiger partial charge in [0.05, 0.1) is 6.20 Å². The molecule has 1 aliphatic heterocycles. The van der Waals surface area contributed by atoms with Gasteiger partial charge in [-0.15, -0.1) is 11.6 Å². The highest BCUT2D eigenvalue weighted by Crippen LogP contribution is 2.30. The largest absolute Gasteiger partial charge is 0.284 e. The highest BCUT2D eigenvalue weighted by atomic mass is 35.5. The molecule has 0 saturated carbocycles. The monoisotopic (exact) mass is 263 g/mol. The van der Waals surface area contributed by atoms with Crippen LogP contribution in [0.25, 0.3) is 0 Å². The Balaban J connectivity index is 2.32. The van der Waals surface area contributed by atoms with Gasteiger partial charge in [-0.05, 0) is 12.3 Å². The molecule has 0 spiro atoms. The van der Waals surface area contributed by atoms with E-state index in [9.17, 15) is 8.42 Å². The topological polar surface area (TPSA) is 66.1 Å². The molecule has 0 amide bonds. The first-order chi connectivity index (χ1) is 7.57. The number of hydrogen-bond donors (Lipinski definition) is 1. The number of sulfonamides is 1. The van der Waals surface area contributed by atoms with Crippen LogP contribution in [0.4, 0.5) is 0 Å². The molecule has 16 heavy (non-hydrogen) atoms. The van der Waals surface area contributed by atoms with Gasteiger partial charge in [0.1, 0.15) is 4.90 Å². The molecule has 0 aliphatic carbocycles. The Labute approximate surface area is 99.8 Å². The van der Waals surface area contributed by atoms with Gasteiger partial charge < -0.3 is 0 Å². The van der Waals surface area contributed by atoms with Crippen molar-refractivity contribution in [2.24, 2.45) is 5.92 Å². The van der Waals surface area contributed by atoms with E-state index in [1.165, 1.54) is 16.7 Å². The SMILES string of the molecule is CC1CCN(S(=O)(=O)c2cn[nH]c2)C1CCl. The fraction of sp³-hybridized carbons (Fsp3) is 0.667. The number of nitrogens with one attached hydrogen (secondary N) is 1. The molecule has 90 valence electrons. The number of halogens is 1. The summed E-state index contributed by atoms with van der Waals surface area (Å²) in [4.78, 5) is 0.205. The standard InChI is InChI=1S/C9H14ClN3O2S/c1-7-2-3-13(9(7)4-10)16(14,15)8-5-11-12-6-8/h5-7,9H,2-4H2,1H3,(H,11,12). The Bertz CT molecular complexity index is 445. The van der Waals surface area contributed by atoms with Crippen LogP contribution in [0.15, 0.2) is 17.3 Å². The highest BCUT2D eigenvalue weighted by Gasteiger charge is 2.39. The van der Waals surface area contributed by atoms with Crippen LogP contribution in [0, 0.1) is 5.92 Å². The summed E-state index contributed by atoms with van der Waals surface area (Å²) in [6.07, 6.45) is 3.57. The number of alkyl halides is 1. The molecular formula is C9H14ClN3O2S. The smallest absolute Gasteiger partial charge is 0.246 e. The minimum Gasteiger partial charge on any atom is -0.284 e. The third-order valence-corrected chi connectivity index (χ3v) is 5.28. The van der Waals surface area contributed by atoms with Crippen molar-refractivity contribution < 1.29 is 8.42 Å². The number of rotatable bonds is 3. The molecule has 1 aromatic rings. The minimum atomic E-state index is -3.43. The maximum atomic E-state index is 12.2. The van der Waals surface area contributed by atoms with E-state index in [-0.39, 0.29) is 10.9 Å². The van der Waals surface area contributed by atoms with Gasteiger partial charge in [-0.2, -0.15) is 9.40 Å². The third-order valence-electron chi connectivity index (χ3n) is 3.07. The van der Waals surface area contributed by atoms with Crippen LogP contribution in [0.3, 0.4) is 0 Å². The predicted molar refractivity (Wildman–Crippen MR) is 60.8 cm³/mol. The van der Waals surface area contributed by atoms with E-state index >= 15 is 0 Å². The Morgan fingerprint density at radius 3 is 3.00 bits per heavy atom. The van der Waals surface area contributed by atoms with Gasteiger partial charge in [0.25, 0.3) is 0 Å². The van der Waals surface area contributed by atoms with E-state index < -0.39 is 10.0 Å².